The van der Waals surface area contributed by atoms with E-state index in [1.807, 2.05) is 51.9 Å². The highest BCUT2D eigenvalue weighted by Crippen LogP contribution is 2.30. The first-order valence-electron chi connectivity index (χ1n) is 10.5. The van der Waals surface area contributed by atoms with Crippen molar-refractivity contribution in [3.63, 3.8) is 0 Å². The van der Waals surface area contributed by atoms with Gasteiger partial charge in [-0.25, -0.2) is 4.98 Å². The number of aromatic nitrogens is 2. The van der Waals surface area contributed by atoms with Crippen molar-refractivity contribution in [3.8, 4) is 0 Å². The second kappa shape index (κ2) is 7.91. The molecule has 3 heterocycles. The first-order valence-corrected chi connectivity index (χ1v) is 10.5. The zero-order chi connectivity index (χ0) is 20.5. The number of hydrogen-bond acceptors (Lipinski definition) is 4. The fourth-order valence-electron chi connectivity index (χ4n) is 3.90. The van der Waals surface area contributed by atoms with Crippen LogP contribution in [0.4, 0.5) is 5.69 Å². The van der Waals surface area contributed by atoms with Gasteiger partial charge >= 0.3 is 0 Å². The Morgan fingerprint density at radius 2 is 1.87 bits per heavy atom. The van der Waals surface area contributed by atoms with Crippen molar-refractivity contribution in [3.05, 3.63) is 66.1 Å². The number of nitrogens with one attached hydrogen (secondary N) is 1. The van der Waals surface area contributed by atoms with E-state index >= 15 is 0 Å². The molecule has 5 rings (SSSR count). The highest BCUT2D eigenvalue weighted by atomic mass is 16.2. The fraction of sp³-hybridized carbons (Fsp3) is 0.348. The third kappa shape index (κ3) is 4.07. The average molecular weight is 403 g/mol. The molecule has 2 amide bonds. The quantitative estimate of drug-likeness (QED) is 0.711. The maximum absolute atomic E-state index is 12.9. The summed E-state index contributed by atoms with van der Waals surface area (Å²) in [5.41, 5.74) is 3.32. The third-order valence-corrected chi connectivity index (χ3v) is 5.78. The Hall–Kier alpha value is -3.19. The smallest absolute Gasteiger partial charge is 0.254 e. The summed E-state index contributed by atoms with van der Waals surface area (Å²) < 4.78 is 2.03. The number of imidazole rings is 1. The van der Waals surface area contributed by atoms with Crippen LogP contribution >= 0.6 is 0 Å². The lowest BCUT2D eigenvalue weighted by Gasteiger charge is -2.34. The largest absolute Gasteiger partial charge is 0.336 e. The number of carbonyl (C=O) groups is 2. The third-order valence-electron chi connectivity index (χ3n) is 5.78. The summed E-state index contributed by atoms with van der Waals surface area (Å²) in [5.74, 6) is 0.218. The molecule has 7 heteroatoms. The van der Waals surface area contributed by atoms with Gasteiger partial charge in [0.15, 0.2) is 0 Å². The zero-order valence-corrected chi connectivity index (χ0v) is 16.8. The lowest BCUT2D eigenvalue weighted by Crippen LogP contribution is -2.48. The molecule has 1 aliphatic heterocycles. The Balaban J connectivity index is 1.18. The fourth-order valence-corrected chi connectivity index (χ4v) is 3.90. The lowest BCUT2D eigenvalue weighted by molar-refractivity contribution is -0.117. The number of nitrogens with zero attached hydrogens (tertiary/aromatic N) is 4. The Kier molecular flexibility index (Phi) is 4.96. The molecule has 2 aromatic heterocycles. The summed E-state index contributed by atoms with van der Waals surface area (Å²) in [7, 11) is 0. The minimum absolute atomic E-state index is 0.0184. The predicted octanol–water partition coefficient (Wildman–Crippen LogP) is 2.64. The van der Waals surface area contributed by atoms with E-state index in [-0.39, 0.29) is 17.7 Å². The number of benzene rings is 1. The van der Waals surface area contributed by atoms with E-state index in [9.17, 15) is 9.59 Å². The van der Waals surface area contributed by atoms with Gasteiger partial charge in [-0.3, -0.25) is 14.5 Å². The van der Waals surface area contributed by atoms with Crippen molar-refractivity contribution in [1.82, 2.24) is 19.2 Å². The molecule has 3 aromatic rings. The van der Waals surface area contributed by atoms with Crippen LogP contribution in [-0.4, -0.2) is 57.2 Å². The van der Waals surface area contributed by atoms with E-state index in [2.05, 4.69) is 21.4 Å². The summed E-state index contributed by atoms with van der Waals surface area (Å²) >= 11 is 0. The van der Waals surface area contributed by atoms with Crippen molar-refractivity contribution in [2.75, 3.05) is 31.5 Å². The highest BCUT2D eigenvalue weighted by molar-refractivity contribution is 5.98. The molecule has 1 saturated carbocycles. The van der Waals surface area contributed by atoms with Crippen LogP contribution in [-0.2, 0) is 11.3 Å². The van der Waals surface area contributed by atoms with E-state index in [1.54, 1.807) is 6.07 Å². The van der Waals surface area contributed by atoms with Crippen LogP contribution in [0.25, 0.3) is 5.65 Å². The van der Waals surface area contributed by atoms with Crippen LogP contribution in [0.15, 0.2) is 54.9 Å². The van der Waals surface area contributed by atoms with Gasteiger partial charge in [-0.2, -0.15) is 0 Å². The molecule has 1 aromatic carbocycles. The minimum Gasteiger partial charge on any atom is -0.336 e. The van der Waals surface area contributed by atoms with Crippen LogP contribution < -0.4 is 5.32 Å². The van der Waals surface area contributed by atoms with Gasteiger partial charge in [0.2, 0.25) is 5.91 Å². The van der Waals surface area contributed by atoms with Gasteiger partial charge in [-0.15, -0.1) is 0 Å². The molecule has 1 saturated heterocycles. The Morgan fingerprint density at radius 3 is 2.63 bits per heavy atom. The van der Waals surface area contributed by atoms with Gasteiger partial charge < -0.3 is 14.6 Å². The van der Waals surface area contributed by atoms with E-state index in [0.29, 0.717) is 24.3 Å². The number of carbonyl (C=O) groups excluding carboxylic acids is 2. The molecule has 0 unspecified atom stereocenters. The Labute approximate surface area is 175 Å². The van der Waals surface area contributed by atoms with Crippen molar-refractivity contribution < 1.29 is 9.59 Å². The Morgan fingerprint density at radius 1 is 1.03 bits per heavy atom. The van der Waals surface area contributed by atoms with Crippen molar-refractivity contribution >= 4 is 23.1 Å². The number of hydrogen-bond donors (Lipinski definition) is 1. The van der Waals surface area contributed by atoms with E-state index in [0.717, 1.165) is 43.8 Å². The van der Waals surface area contributed by atoms with Crippen LogP contribution in [0.3, 0.4) is 0 Å². The summed E-state index contributed by atoms with van der Waals surface area (Å²) in [6.07, 6.45) is 5.99. The number of rotatable bonds is 5. The number of anilines is 1. The molecular formula is C23H25N5O2. The molecule has 154 valence electrons. The first kappa shape index (κ1) is 18.8. The van der Waals surface area contributed by atoms with Crippen molar-refractivity contribution in [2.45, 2.75) is 19.4 Å². The topological polar surface area (TPSA) is 70.0 Å². The normalized spacial score (nSPS) is 17.3. The molecule has 30 heavy (non-hydrogen) atoms. The van der Waals surface area contributed by atoms with Gasteiger partial charge in [0.1, 0.15) is 5.65 Å². The molecule has 7 nitrogen and oxygen atoms in total. The van der Waals surface area contributed by atoms with Crippen molar-refractivity contribution in [1.29, 1.82) is 0 Å². The van der Waals surface area contributed by atoms with Crippen LogP contribution in [0.2, 0.25) is 0 Å². The number of pyridine rings is 1. The molecule has 1 N–H and O–H groups in total. The van der Waals surface area contributed by atoms with Crippen molar-refractivity contribution in [2.24, 2.45) is 5.92 Å². The molecule has 0 spiro atoms. The van der Waals surface area contributed by atoms with Gasteiger partial charge in [0.05, 0.1) is 5.69 Å². The second-order valence-electron chi connectivity index (χ2n) is 8.11. The van der Waals surface area contributed by atoms with Crippen LogP contribution in [0.1, 0.15) is 28.9 Å². The van der Waals surface area contributed by atoms with E-state index in [1.165, 1.54) is 0 Å². The summed E-state index contributed by atoms with van der Waals surface area (Å²) in [5, 5.41) is 2.92. The molecule has 0 radical (unpaired) electrons. The minimum atomic E-state index is 0.0184. The molecular weight excluding hydrogens is 378 g/mol. The maximum atomic E-state index is 12.9. The highest BCUT2D eigenvalue weighted by Gasteiger charge is 2.29. The zero-order valence-electron chi connectivity index (χ0n) is 16.8. The number of fused-ring (bicyclic) bond motifs is 1. The van der Waals surface area contributed by atoms with Crippen LogP contribution in [0, 0.1) is 5.92 Å². The molecule has 1 aliphatic carbocycles. The molecule has 2 aliphatic rings. The first-order chi connectivity index (χ1) is 14.7. The average Bonchev–Trinajstić information content (AvgIpc) is 3.54. The Bertz CT molecular complexity index is 1050. The van der Waals surface area contributed by atoms with Gasteiger partial charge in [0, 0.05) is 62.3 Å². The molecule has 0 atom stereocenters. The molecule has 0 bridgehead atoms. The van der Waals surface area contributed by atoms with E-state index in [4.69, 9.17) is 0 Å². The summed E-state index contributed by atoms with van der Waals surface area (Å²) in [6.45, 7) is 3.79. The standard InChI is InChI=1S/C23H25N5O2/c29-22(17-7-8-17)25-19-5-3-4-18(14-19)23(30)27-12-10-26(11-13-27)15-20-16-28-9-2-1-6-21(28)24-20/h1-6,9,14,16-17H,7-8,10-13,15H2,(H,25,29). The van der Waals surface area contributed by atoms with Gasteiger partial charge in [-0.05, 0) is 43.2 Å². The SMILES string of the molecule is O=C(Nc1cccc(C(=O)N2CCN(Cc3cn4ccccc4n3)CC2)c1)C1CC1. The summed E-state index contributed by atoms with van der Waals surface area (Å²) in [4.78, 5) is 33.8. The summed E-state index contributed by atoms with van der Waals surface area (Å²) in [6, 6.07) is 13.3. The monoisotopic (exact) mass is 403 g/mol. The number of piperazine rings is 1. The lowest BCUT2D eigenvalue weighted by atomic mass is 10.1. The predicted molar refractivity (Wildman–Crippen MR) is 114 cm³/mol. The second-order valence-corrected chi connectivity index (χ2v) is 8.11. The number of amides is 2. The van der Waals surface area contributed by atoms with Gasteiger partial charge in [-0.1, -0.05) is 12.1 Å². The maximum Gasteiger partial charge on any atom is 0.254 e. The molecule has 2 fully saturated rings. The van der Waals surface area contributed by atoms with Gasteiger partial charge in [0.25, 0.3) is 5.91 Å². The van der Waals surface area contributed by atoms with Crippen LogP contribution in [0.5, 0.6) is 0 Å². The van der Waals surface area contributed by atoms with E-state index < -0.39 is 0 Å².